The van der Waals surface area contributed by atoms with E-state index in [2.05, 4.69) is 0 Å². The third-order valence-corrected chi connectivity index (χ3v) is 4.48. The van der Waals surface area contributed by atoms with Crippen LogP contribution in [-0.4, -0.2) is 33.1 Å². The first-order valence-corrected chi connectivity index (χ1v) is 8.87. The van der Waals surface area contributed by atoms with Crippen LogP contribution < -0.4 is 23.7 Å². The molecule has 0 N–H and O–H groups in total. The van der Waals surface area contributed by atoms with Crippen molar-refractivity contribution in [2.24, 2.45) is 0 Å². The van der Waals surface area contributed by atoms with Crippen molar-refractivity contribution >= 4 is 11.8 Å². The molecule has 2 aromatic rings. The van der Waals surface area contributed by atoms with Gasteiger partial charge < -0.3 is 23.7 Å². The zero-order chi connectivity index (χ0) is 21.3. The zero-order valence-electron chi connectivity index (χ0n) is 17.2. The predicted octanol–water partition coefficient (Wildman–Crippen LogP) is 4.11. The van der Waals surface area contributed by atoms with Crippen LogP contribution in [0.25, 0.3) is 0 Å². The lowest BCUT2D eigenvalue weighted by atomic mass is 10.0. The summed E-state index contributed by atoms with van der Waals surface area (Å²) in [5.74, 6) is 1.21. The van der Waals surface area contributed by atoms with Crippen LogP contribution in [0.1, 0.15) is 40.1 Å². The highest BCUT2D eigenvalue weighted by molar-refractivity contribution is 6.13. The number of rotatable bonds is 5. The van der Waals surface area contributed by atoms with E-state index in [1.807, 2.05) is 0 Å². The van der Waals surface area contributed by atoms with Crippen molar-refractivity contribution in [3.05, 3.63) is 52.3 Å². The van der Waals surface area contributed by atoms with Gasteiger partial charge in [0.05, 0.1) is 32.5 Å². The molecule has 152 valence electrons. The summed E-state index contributed by atoms with van der Waals surface area (Å²) in [6.07, 6.45) is 0. The summed E-state index contributed by atoms with van der Waals surface area (Å²) in [6, 6.07) is 6.17. The predicted molar refractivity (Wildman–Crippen MR) is 106 cm³/mol. The summed E-state index contributed by atoms with van der Waals surface area (Å²) in [7, 11) is 4.41. The Morgan fingerprint density at radius 1 is 0.931 bits per heavy atom. The zero-order valence-corrected chi connectivity index (χ0v) is 17.2. The summed E-state index contributed by atoms with van der Waals surface area (Å²) in [5, 5.41) is 0. The molecule has 7 nitrogen and oxygen atoms in total. The van der Waals surface area contributed by atoms with Crippen molar-refractivity contribution in [3.8, 4) is 28.7 Å². The van der Waals surface area contributed by atoms with Crippen LogP contribution in [0.4, 0.5) is 0 Å². The van der Waals surface area contributed by atoms with E-state index in [1.54, 1.807) is 26.8 Å². The molecule has 0 aliphatic carbocycles. The summed E-state index contributed by atoms with van der Waals surface area (Å²) < 4.78 is 27.0. The van der Waals surface area contributed by atoms with Gasteiger partial charge in [0.1, 0.15) is 11.5 Å². The minimum absolute atomic E-state index is 0.167. The van der Waals surface area contributed by atoms with E-state index in [9.17, 15) is 9.59 Å². The van der Waals surface area contributed by atoms with E-state index in [1.165, 1.54) is 39.5 Å². The second-order valence-electron chi connectivity index (χ2n) is 6.68. The van der Waals surface area contributed by atoms with Crippen molar-refractivity contribution in [2.75, 3.05) is 21.3 Å². The molecule has 1 aliphatic heterocycles. The maximum Gasteiger partial charge on any atom is 0.343 e. The number of fused-ring (bicyclic) bond motifs is 1. The molecule has 0 spiro atoms. The molecule has 0 aromatic heterocycles. The number of benzene rings is 2. The van der Waals surface area contributed by atoms with Crippen LogP contribution in [0.15, 0.2) is 35.6 Å². The molecule has 0 atom stereocenters. The van der Waals surface area contributed by atoms with Gasteiger partial charge in [-0.1, -0.05) is 0 Å². The fraction of sp³-hybridized carbons (Fsp3) is 0.273. The first-order chi connectivity index (χ1) is 13.8. The molecule has 29 heavy (non-hydrogen) atoms. The lowest BCUT2D eigenvalue weighted by Crippen LogP contribution is -2.10. The van der Waals surface area contributed by atoms with E-state index in [4.69, 9.17) is 23.7 Å². The molecule has 0 unspecified atom stereocenters. The number of Topliss-reactive ketones (excluding diaryl/α,β-unsaturated/α-hetero) is 1. The lowest BCUT2D eigenvalue weighted by molar-refractivity contribution is 0.0733. The van der Waals surface area contributed by atoms with Gasteiger partial charge in [-0.15, -0.1) is 0 Å². The molecule has 3 rings (SSSR count). The number of ether oxygens (including phenoxy) is 5. The molecule has 2 aromatic carbocycles. The van der Waals surface area contributed by atoms with Crippen LogP contribution in [0.2, 0.25) is 0 Å². The van der Waals surface area contributed by atoms with Crippen LogP contribution in [-0.2, 0) is 0 Å². The average molecular weight is 398 g/mol. The summed E-state index contributed by atoms with van der Waals surface area (Å²) in [6.45, 7) is 5.38. The fourth-order valence-corrected chi connectivity index (χ4v) is 3.12. The van der Waals surface area contributed by atoms with Gasteiger partial charge in [0.15, 0.2) is 17.3 Å². The Hall–Kier alpha value is -3.48. The normalized spacial score (nSPS) is 12.2. The number of hydrogen-bond acceptors (Lipinski definition) is 7. The average Bonchev–Trinajstić information content (AvgIpc) is 3.03. The molecule has 1 heterocycles. The van der Waals surface area contributed by atoms with E-state index >= 15 is 0 Å². The van der Waals surface area contributed by atoms with Crippen molar-refractivity contribution in [1.82, 2.24) is 0 Å². The molecule has 0 bridgehead atoms. The van der Waals surface area contributed by atoms with Gasteiger partial charge in [-0.25, -0.2) is 4.79 Å². The maximum atomic E-state index is 12.7. The monoisotopic (exact) mass is 398 g/mol. The second kappa shape index (κ2) is 7.87. The van der Waals surface area contributed by atoms with Gasteiger partial charge in [-0.3, -0.25) is 4.79 Å². The minimum Gasteiger partial charge on any atom is -0.493 e. The number of carbonyl (C=O) groups excluding carboxylic acids is 2. The molecule has 0 radical (unpaired) electrons. The molecular weight excluding hydrogens is 376 g/mol. The van der Waals surface area contributed by atoms with Gasteiger partial charge in [-0.2, -0.15) is 0 Å². The molecule has 7 heteroatoms. The number of hydrogen-bond donors (Lipinski definition) is 0. The van der Waals surface area contributed by atoms with E-state index in [-0.39, 0.29) is 17.1 Å². The summed E-state index contributed by atoms with van der Waals surface area (Å²) in [5.41, 5.74) is 2.14. The summed E-state index contributed by atoms with van der Waals surface area (Å²) in [4.78, 5) is 25.2. The highest BCUT2D eigenvalue weighted by Crippen LogP contribution is 2.40. The Kier molecular flexibility index (Phi) is 5.50. The number of esters is 1. The van der Waals surface area contributed by atoms with Gasteiger partial charge in [0, 0.05) is 6.07 Å². The number of aryl methyl sites for hydroxylation is 1. The molecule has 0 fully saturated rings. The largest absolute Gasteiger partial charge is 0.493 e. The Bertz CT molecular complexity index is 1000. The number of methoxy groups -OCH3 is 3. The topological polar surface area (TPSA) is 80.3 Å². The van der Waals surface area contributed by atoms with Crippen molar-refractivity contribution in [1.29, 1.82) is 0 Å². The Morgan fingerprint density at radius 3 is 2.07 bits per heavy atom. The summed E-state index contributed by atoms with van der Waals surface area (Å²) >= 11 is 0. The smallest absolute Gasteiger partial charge is 0.343 e. The van der Waals surface area contributed by atoms with Gasteiger partial charge in [-0.05, 0) is 50.1 Å². The first kappa shape index (κ1) is 20.3. The fourth-order valence-electron chi connectivity index (χ4n) is 3.12. The molecule has 1 aliphatic rings. The van der Waals surface area contributed by atoms with Crippen molar-refractivity contribution in [2.45, 2.75) is 20.8 Å². The van der Waals surface area contributed by atoms with Gasteiger partial charge >= 0.3 is 5.97 Å². The third kappa shape index (κ3) is 3.63. The first-order valence-electron chi connectivity index (χ1n) is 8.87. The number of ketones is 1. The standard InChI is InChI=1S/C22H22O7/c1-11(2)20-19(23)18-12(3)7-14(10-15(18)29-20)28-22(24)13-8-16(25-4)21(27-6)17(9-13)26-5/h7-10H,1-6H3. The van der Waals surface area contributed by atoms with Crippen LogP contribution >= 0.6 is 0 Å². The van der Waals surface area contributed by atoms with Crippen molar-refractivity contribution < 1.29 is 33.3 Å². The number of allylic oxidation sites excluding steroid dienone is 2. The van der Waals surface area contributed by atoms with E-state index in [0.717, 1.165) is 5.57 Å². The Morgan fingerprint density at radius 2 is 1.55 bits per heavy atom. The van der Waals surface area contributed by atoms with Crippen LogP contribution in [0, 0.1) is 6.92 Å². The SMILES string of the molecule is COc1cc(C(=O)Oc2cc(C)c3c(c2)OC(=C(C)C)C3=O)cc(OC)c1OC. The minimum atomic E-state index is -0.615. The number of carbonyl (C=O) groups is 2. The van der Waals surface area contributed by atoms with Crippen LogP contribution in [0.3, 0.4) is 0 Å². The molecule has 0 amide bonds. The Labute approximate surface area is 168 Å². The maximum absolute atomic E-state index is 12.7. The molecule has 0 saturated carbocycles. The quantitative estimate of drug-likeness (QED) is 0.426. The molecular formula is C22H22O7. The molecule has 0 saturated heterocycles. The Balaban J connectivity index is 1.94. The van der Waals surface area contributed by atoms with Gasteiger partial charge in [0.25, 0.3) is 0 Å². The lowest BCUT2D eigenvalue weighted by Gasteiger charge is -2.14. The van der Waals surface area contributed by atoms with E-state index < -0.39 is 5.97 Å². The highest BCUT2D eigenvalue weighted by atomic mass is 16.5. The third-order valence-electron chi connectivity index (χ3n) is 4.48. The van der Waals surface area contributed by atoms with Gasteiger partial charge in [0.2, 0.25) is 11.5 Å². The van der Waals surface area contributed by atoms with E-state index in [0.29, 0.717) is 39.9 Å². The highest BCUT2D eigenvalue weighted by Gasteiger charge is 2.31. The second-order valence-corrected chi connectivity index (χ2v) is 6.68. The van der Waals surface area contributed by atoms with Crippen molar-refractivity contribution in [3.63, 3.8) is 0 Å². The van der Waals surface area contributed by atoms with Crippen LogP contribution in [0.5, 0.6) is 28.7 Å².